The summed E-state index contributed by atoms with van der Waals surface area (Å²) in [6.45, 7) is 1.38. The van der Waals surface area contributed by atoms with Crippen LogP contribution in [0.5, 0.6) is 0 Å². The van der Waals surface area contributed by atoms with Crippen LogP contribution in [0.3, 0.4) is 0 Å². The van der Waals surface area contributed by atoms with Crippen molar-refractivity contribution in [2.24, 2.45) is 11.8 Å². The monoisotopic (exact) mass is 254 g/mol. The van der Waals surface area contributed by atoms with Crippen LogP contribution >= 0.6 is 0 Å². The molecule has 0 amide bonds. The van der Waals surface area contributed by atoms with Crippen LogP contribution in [0.1, 0.15) is 26.2 Å². The number of carbonyl (C=O) groups excluding carboxylic acids is 4. The third-order valence-corrected chi connectivity index (χ3v) is 3.73. The fraction of sp³-hybridized carbons (Fsp3) is 0.667. The Kier molecular flexibility index (Phi) is 2.96. The van der Waals surface area contributed by atoms with E-state index in [1.165, 1.54) is 14.0 Å². The summed E-state index contributed by atoms with van der Waals surface area (Å²) in [5.41, 5.74) is -1.49. The molecule has 18 heavy (non-hydrogen) atoms. The second kappa shape index (κ2) is 4.19. The summed E-state index contributed by atoms with van der Waals surface area (Å²) in [7, 11) is 1.20. The molecule has 2 heterocycles. The fourth-order valence-electron chi connectivity index (χ4n) is 2.69. The van der Waals surface area contributed by atoms with Gasteiger partial charge in [-0.15, -0.1) is 0 Å². The van der Waals surface area contributed by atoms with E-state index >= 15 is 0 Å². The number of carbonyl (C=O) groups is 4. The van der Waals surface area contributed by atoms with Crippen LogP contribution in [-0.4, -0.2) is 36.2 Å². The zero-order chi connectivity index (χ0) is 13.5. The van der Waals surface area contributed by atoms with Gasteiger partial charge in [-0.05, 0) is 6.92 Å². The predicted octanol–water partition coefficient (Wildman–Crippen LogP) is 0.0294. The zero-order valence-corrected chi connectivity index (χ0v) is 10.2. The van der Waals surface area contributed by atoms with E-state index in [9.17, 15) is 19.2 Å². The molecule has 0 aromatic rings. The van der Waals surface area contributed by atoms with Gasteiger partial charge in [0.25, 0.3) is 0 Å². The quantitative estimate of drug-likeness (QED) is 0.660. The van der Waals surface area contributed by atoms with E-state index in [0.717, 1.165) is 0 Å². The van der Waals surface area contributed by atoms with E-state index in [-0.39, 0.29) is 30.8 Å². The van der Waals surface area contributed by atoms with Crippen molar-refractivity contribution in [3.8, 4) is 0 Å². The highest BCUT2D eigenvalue weighted by atomic mass is 16.6. The fourth-order valence-corrected chi connectivity index (χ4v) is 2.69. The molecule has 0 aromatic heterocycles. The number of ether oxygens (including phenoxy) is 2. The van der Waals surface area contributed by atoms with Crippen LogP contribution in [0, 0.1) is 11.8 Å². The number of hydrogen-bond donors (Lipinski definition) is 0. The molecule has 6 heteroatoms. The standard InChI is InChI=1S/C12H14O6/c1-6(13)8-4-12(5-10(15)17-2)9(14)3-7(8)11(16)18-12/h7-8H,3-5H2,1-2H3/t7-,8+,12+/m0/s1. The lowest BCUT2D eigenvalue weighted by molar-refractivity contribution is -0.201. The van der Waals surface area contributed by atoms with Crippen LogP contribution in [0.2, 0.25) is 0 Å². The van der Waals surface area contributed by atoms with Gasteiger partial charge in [-0.1, -0.05) is 0 Å². The minimum atomic E-state index is -1.49. The van der Waals surface area contributed by atoms with Crippen LogP contribution in [-0.2, 0) is 28.7 Å². The lowest BCUT2D eigenvalue weighted by Crippen LogP contribution is -2.60. The van der Waals surface area contributed by atoms with E-state index in [1.807, 2.05) is 0 Å². The van der Waals surface area contributed by atoms with Crippen molar-refractivity contribution in [2.75, 3.05) is 7.11 Å². The van der Waals surface area contributed by atoms with Gasteiger partial charge in [-0.25, -0.2) is 0 Å². The van der Waals surface area contributed by atoms with Crippen molar-refractivity contribution in [3.63, 3.8) is 0 Å². The van der Waals surface area contributed by atoms with E-state index in [1.54, 1.807) is 0 Å². The lowest BCUT2D eigenvalue weighted by atomic mass is 9.65. The summed E-state index contributed by atoms with van der Waals surface area (Å²) in [5, 5.41) is 0. The summed E-state index contributed by atoms with van der Waals surface area (Å²) in [6, 6.07) is 0. The van der Waals surface area contributed by atoms with Crippen molar-refractivity contribution in [1.29, 1.82) is 0 Å². The van der Waals surface area contributed by atoms with Crippen LogP contribution in [0.25, 0.3) is 0 Å². The van der Waals surface area contributed by atoms with Gasteiger partial charge in [0.2, 0.25) is 0 Å². The van der Waals surface area contributed by atoms with E-state index in [0.29, 0.717) is 0 Å². The molecule has 3 fully saturated rings. The second-order valence-electron chi connectivity index (χ2n) is 4.82. The summed E-state index contributed by atoms with van der Waals surface area (Å²) < 4.78 is 9.61. The Balaban J connectivity index is 2.32. The van der Waals surface area contributed by atoms with Crippen molar-refractivity contribution >= 4 is 23.5 Å². The normalized spacial score (nSPS) is 34.1. The van der Waals surface area contributed by atoms with Crippen LogP contribution in [0.15, 0.2) is 0 Å². The first-order chi connectivity index (χ1) is 8.39. The number of ketones is 2. The molecular formula is C12H14O6. The summed E-state index contributed by atoms with van der Waals surface area (Å²) in [6.07, 6.45) is -0.253. The smallest absolute Gasteiger partial charge is 0.311 e. The van der Waals surface area contributed by atoms with Gasteiger partial charge in [0.05, 0.1) is 19.4 Å². The highest BCUT2D eigenvalue weighted by Gasteiger charge is 2.59. The Bertz CT molecular complexity index is 440. The number of hydrogen-bond acceptors (Lipinski definition) is 6. The van der Waals surface area contributed by atoms with Gasteiger partial charge in [0, 0.05) is 18.8 Å². The molecule has 0 unspecified atom stereocenters. The van der Waals surface area contributed by atoms with Gasteiger partial charge in [-0.3, -0.25) is 19.2 Å². The largest absolute Gasteiger partial charge is 0.469 e. The first-order valence-electron chi connectivity index (χ1n) is 5.73. The van der Waals surface area contributed by atoms with Crippen molar-refractivity contribution < 1.29 is 28.7 Å². The summed E-state index contributed by atoms with van der Waals surface area (Å²) in [4.78, 5) is 46.5. The van der Waals surface area contributed by atoms with Gasteiger partial charge < -0.3 is 9.47 Å². The molecule has 98 valence electrons. The molecule has 0 spiro atoms. The molecule has 3 aliphatic rings. The topological polar surface area (TPSA) is 86.7 Å². The van der Waals surface area contributed by atoms with Crippen molar-refractivity contribution in [2.45, 2.75) is 31.8 Å². The van der Waals surface area contributed by atoms with Crippen LogP contribution in [0.4, 0.5) is 0 Å². The maximum absolute atomic E-state index is 11.9. The van der Waals surface area contributed by atoms with E-state index in [4.69, 9.17) is 4.74 Å². The van der Waals surface area contributed by atoms with Gasteiger partial charge in [-0.2, -0.15) is 0 Å². The Morgan fingerprint density at radius 2 is 2.11 bits per heavy atom. The highest BCUT2D eigenvalue weighted by molar-refractivity contribution is 6.02. The lowest BCUT2D eigenvalue weighted by Gasteiger charge is -2.46. The Morgan fingerprint density at radius 1 is 1.44 bits per heavy atom. The van der Waals surface area contributed by atoms with Crippen molar-refractivity contribution in [1.82, 2.24) is 0 Å². The van der Waals surface area contributed by atoms with Crippen molar-refractivity contribution in [3.05, 3.63) is 0 Å². The minimum Gasteiger partial charge on any atom is -0.469 e. The molecule has 3 rings (SSSR count). The number of esters is 2. The summed E-state index contributed by atoms with van der Waals surface area (Å²) >= 11 is 0. The molecule has 2 aliphatic heterocycles. The third kappa shape index (κ3) is 1.81. The Morgan fingerprint density at radius 3 is 2.67 bits per heavy atom. The molecule has 2 saturated heterocycles. The number of Topliss-reactive ketones (excluding diaryl/α,β-unsaturated/α-hetero) is 2. The van der Waals surface area contributed by atoms with Gasteiger partial charge >= 0.3 is 11.9 Å². The molecule has 0 aromatic carbocycles. The maximum Gasteiger partial charge on any atom is 0.311 e. The first kappa shape index (κ1) is 12.7. The summed E-state index contributed by atoms with van der Waals surface area (Å²) in [5.74, 6) is -2.86. The number of fused-ring (bicyclic) bond motifs is 3. The van der Waals surface area contributed by atoms with E-state index in [2.05, 4.69) is 4.74 Å². The number of methoxy groups -OCH3 is 1. The highest BCUT2D eigenvalue weighted by Crippen LogP contribution is 2.45. The minimum absolute atomic E-state index is 0.0277. The van der Waals surface area contributed by atoms with Gasteiger partial charge in [0.15, 0.2) is 11.4 Å². The van der Waals surface area contributed by atoms with E-state index < -0.39 is 29.4 Å². The SMILES string of the molecule is COC(=O)C[C@]12C[C@H](C(C)=O)[C@H](CC1=O)C(=O)O2. The average molecular weight is 254 g/mol. The molecule has 1 aliphatic carbocycles. The Hall–Kier alpha value is -1.72. The zero-order valence-electron chi connectivity index (χ0n) is 10.2. The molecule has 6 nitrogen and oxygen atoms in total. The molecule has 2 bridgehead atoms. The predicted molar refractivity (Wildman–Crippen MR) is 57.4 cm³/mol. The molecule has 0 radical (unpaired) electrons. The Labute approximate surface area is 104 Å². The number of rotatable bonds is 3. The second-order valence-corrected chi connectivity index (χ2v) is 4.82. The third-order valence-electron chi connectivity index (χ3n) is 3.73. The average Bonchev–Trinajstić information content (AvgIpc) is 2.30. The molecule has 0 N–H and O–H groups in total. The molecule has 3 atom stereocenters. The molecule has 1 saturated carbocycles. The first-order valence-corrected chi connectivity index (χ1v) is 5.73. The van der Waals surface area contributed by atoms with Gasteiger partial charge in [0.1, 0.15) is 5.78 Å². The maximum atomic E-state index is 11.9. The van der Waals surface area contributed by atoms with Crippen LogP contribution < -0.4 is 0 Å². The molecular weight excluding hydrogens is 240 g/mol.